The predicted octanol–water partition coefficient (Wildman–Crippen LogP) is 3.34. The topological polar surface area (TPSA) is 46.2 Å². The van der Waals surface area contributed by atoms with Crippen LogP contribution >= 0.6 is 27.7 Å². The van der Waals surface area contributed by atoms with Gasteiger partial charge in [-0.15, -0.1) is 11.8 Å². The number of nitrogens with two attached hydrogens (primary N) is 1. The molecular formula is C13H20BrNOS. The Kier molecular flexibility index (Phi) is 6.55. The molecule has 0 aliphatic rings. The molecule has 0 saturated carbocycles. The Morgan fingerprint density at radius 2 is 1.88 bits per heavy atom. The van der Waals surface area contributed by atoms with Gasteiger partial charge in [-0.05, 0) is 31.0 Å². The summed E-state index contributed by atoms with van der Waals surface area (Å²) in [5, 5.41) is 9.64. The zero-order valence-electron chi connectivity index (χ0n) is 10.3. The van der Waals surface area contributed by atoms with Crippen molar-refractivity contribution in [3.05, 3.63) is 34.3 Å². The summed E-state index contributed by atoms with van der Waals surface area (Å²) in [7, 11) is 0. The number of aliphatic hydroxyl groups excluding tert-OH is 1. The molecule has 0 aliphatic carbocycles. The third-order valence-corrected chi connectivity index (χ3v) is 4.81. The molecule has 1 aromatic carbocycles. The summed E-state index contributed by atoms with van der Waals surface area (Å²) in [6, 6.07) is 8.40. The average molecular weight is 318 g/mol. The highest BCUT2D eigenvalue weighted by Crippen LogP contribution is 2.35. The van der Waals surface area contributed by atoms with Crippen LogP contribution in [0.25, 0.3) is 0 Å². The molecule has 0 bridgehead atoms. The molecule has 1 aromatic rings. The van der Waals surface area contributed by atoms with Crippen LogP contribution in [0.1, 0.15) is 31.1 Å². The minimum atomic E-state index is 0.0994. The minimum absolute atomic E-state index is 0.0994. The first-order valence-electron chi connectivity index (χ1n) is 5.82. The van der Waals surface area contributed by atoms with Gasteiger partial charge in [0.1, 0.15) is 0 Å². The van der Waals surface area contributed by atoms with Gasteiger partial charge in [-0.25, -0.2) is 0 Å². The van der Waals surface area contributed by atoms with Crippen LogP contribution in [-0.4, -0.2) is 23.0 Å². The molecule has 3 N–H and O–H groups in total. The summed E-state index contributed by atoms with van der Waals surface area (Å²) < 4.78 is 1.08. The van der Waals surface area contributed by atoms with Crippen molar-refractivity contribution in [1.29, 1.82) is 0 Å². The molecular weight excluding hydrogens is 298 g/mol. The molecule has 0 radical (unpaired) electrons. The number of thioether (sulfide) groups is 1. The van der Waals surface area contributed by atoms with Crippen LogP contribution in [-0.2, 0) is 0 Å². The third kappa shape index (κ3) is 5.00. The van der Waals surface area contributed by atoms with Crippen LogP contribution in [0.4, 0.5) is 0 Å². The van der Waals surface area contributed by atoms with Crippen molar-refractivity contribution < 1.29 is 5.11 Å². The van der Waals surface area contributed by atoms with Crippen molar-refractivity contribution in [2.24, 2.45) is 5.73 Å². The highest BCUT2D eigenvalue weighted by atomic mass is 79.9. The Morgan fingerprint density at radius 3 is 2.35 bits per heavy atom. The fourth-order valence-electron chi connectivity index (χ4n) is 1.66. The first-order valence-corrected chi connectivity index (χ1v) is 7.55. The summed E-state index contributed by atoms with van der Waals surface area (Å²) in [6.07, 6.45) is 0.810. The van der Waals surface area contributed by atoms with E-state index in [2.05, 4.69) is 35.0 Å². The molecule has 0 aromatic heterocycles. The van der Waals surface area contributed by atoms with E-state index < -0.39 is 0 Å². The van der Waals surface area contributed by atoms with Crippen LogP contribution in [0, 0.1) is 0 Å². The van der Waals surface area contributed by atoms with Gasteiger partial charge in [0.25, 0.3) is 0 Å². The van der Waals surface area contributed by atoms with Crippen molar-refractivity contribution in [2.45, 2.75) is 36.8 Å². The fraction of sp³-hybridized carbons (Fsp3) is 0.538. The first-order chi connectivity index (χ1) is 8.04. The Balaban J connectivity index is 2.75. The van der Waals surface area contributed by atoms with Gasteiger partial charge in [0, 0.05) is 27.6 Å². The summed E-state index contributed by atoms with van der Waals surface area (Å²) >= 11 is 5.27. The Hall–Kier alpha value is -0.0300. The van der Waals surface area contributed by atoms with Crippen LogP contribution in [0.2, 0.25) is 0 Å². The third-order valence-electron chi connectivity index (χ3n) is 2.59. The van der Waals surface area contributed by atoms with Gasteiger partial charge in [-0.2, -0.15) is 0 Å². The molecule has 3 unspecified atom stereocenters. The Morgan fingerprint density at radius 1 is 1.29 bits per heavy atom. The molecule has 2 nitrogen and oxygen atoms in total. The lowest BCUT2D eigenvalue weighted by Gasteiger charge is -2.24. The van der Waals surface area contributed by atoms with Gasteiger partial charge in [0.05, 0.1) is 0 Å². The van der Waals surface area contributed by atoms with Crippen molar-refractivity contribution in [3.63, 3.8) is 0 Å². The maximum absolute atomic E-state index is 8.94. The summed E-state index contributed by atoms with van der Waals surface area (Å²) in [5.74, 6) is 0. The van der Waals surface area contributed by atoms with Crippen LogP contribution in [0.3, 0.4) is 0 Å². The smallest absolute Gasteiger partial charge is 0.0448 e. The minimum Gasteiger partial charge on any atom is -0.396 e. The number of aliphatic hydroxyl groups is 1. The standard InChI is InChI=1S/C13H20BrNOS/c1-9(7-8-16)17-13(10(2)15)11-3-5-12(14)6-4-11/h3-6,9-10,13,16H,7-8,15H2,1-2H3. The maximum atomic E-state index is 8.94. The van der Waals surface area contributed by atoms with Gasteiger partial charge >= 0.3 is 0 Å². The van der Waals surface area contributed by atoms with E-state index in [9.17, 15) is 0 Å². The van der Waals surface area contributed by atoms with Gasteiger partial charge in [-0.3, -0.25) is 0 Å². The summed E-state index contributed by atoms with van der Waals surface area (Å²) in [6.45, 7) is 4.40. The zero-order valence-corrected chi connectivity index (χ0v) is 12.7. The number of hydrogen-bond acceptors (Lipinski definition) is 3. The van der Waals surface area contributed by atoms with E-state index in [1.54, 1.807) is 0 Å². The number of hydrogen-bond donors (Lipinski definition) is 2. The molecule has 0 spiro atoms. The van der Waals surface area contributed by atoms with Gasteiger partial charge < -0.3 is 10.8 Å². The summed E-state index contributed by atoms with van der Waals surface area (Å²) in [4.78, 5) is 0. The number of halogens is 1. The van der Waals surface area contributed by atoms with E-state index in [1.165, 1.54) is 5.56 Å². The molecule has 0 aliphatic heterocycles. The second-order valence-corrected chi connectivity index (χ2v) is 6.79. The normalized spacial score (nSPS) is 16.5. The maximum Gasteiger partial charge on any atom is 0.0448 e. The first kappa shape index (κ1) is 15.0. The molecule has 96 valence electrons. The molecule has 0 amide bonds. The molecule has 4 heteroatoms. The van der Waals surface area contributed by atoms with Crippen molar-refractivity contribution in [1.82, 2.24) is 0 Å². The number of rotatable bonds is 6. The summed E-state index contributed by atoms with van der Waals surface area (Å²) in [5.41, 5.74) is 7.30. The molecule has 0 fully saturated rings. The molecule has 17 heavy (non-hydrogen) atoms. The fourth-order valence-corrected chi connectivity index (χ4v) is 3.23. The van der Waals surface area contributed by atoms with Crippen molar-refractivity contribution in [2.75, 3.05) is 6.61 Å². The lowest BCUT2D eigenvalue weighted by molar-refractivity contribution is 0.288. The molecule has 3 atom stereocenters. The molecule has 0 heterocycles. The largest absolute Gasteiger partial charge is 0.396 e. The van der Waals surface area contributed by atoms with E-state index in [-0.39, 0.29) is 17.9 Å². The average Bonchev–Trinajstić information content (AvgIpc) is 2.27. The quantitative estimate of drug-likeness (QED) is 0.845. The van der Waals surface area contributed by atoms with Crippen molar-refractivity contribution in [3.8, 4) is 0 Å². The lowest BCUT2D eigenvalue weighted by Crippen LogP contribution is -2.24. The molecule has 1 rings (SSSR count). The van der Waals surface area contributed by atoms with Gasteiger partial charge in [0.2, 0.25) is 0 Å². The van der Waals surface area contributed by atoms with Crippen molar-refractivity contribution >= 4 is 27.7 Å². The van der Waals surface area contributed by atoms with E-state index >= 15 is 0 Å². The van der Waals surface area contributed by atoms with Crippen LogP contribution in [0.15, 0.2) is 28.7 Å². The van der Waals surface area contributed by atoms with Crippen LogP contribution in [0.5, 0.6) is 0 Å². The monoisotopic (exact) mass is 317 g/mol. The van der Waals surface area contributed by atoms with E-state index in [4.69, 9.17) is 10.8 Å². The second kappa shape index (κ2) is 7.41. The SMILES string of the molecule is CC(CCO)SC(c1ccc(Br)cc1)C(C)N. The number of benzene rings is 1. The van der Waals surface area contributed by atoms with E-state index in [0.717, 1.165) is 10.9 Å². The second-order valence-electron chi connectivity index (χ2n) is 4.29. The van der Waals surface area contributed by atoms with E-state index in [0.29, 0.717) is 5.25 Å². The predicted molar refractivity (Wildman–Crippen MR) is 79.3 cm³/mol. The highest BCUT2D eigenvalue weighted by molar-refractivity contribution is 9.10. The zero-order chi connectivity index (χ0) is 12.8. The highest BCUT2D eigenvalue weighted by Gasteiger charge is 2.19. The molecule has 0 saturated heterocycles. The van der Waals surface area contributed by atoms with Gasteiger partial charge in [-0.1, -0.05) is 35.0 Å². The Bertz CT molecular complexity index is 329. The van der Waals surface area contributed by atoms with Crippen LogP contribution < -0.4 is 5.73 Å². The van der Waals surface area contributed by atoms with Gasteiger partial charge in [0.15, 0.2) is 0 Å². The van der Waals surface area contributed by atoms with E-state index in [1.807, 2.05) is 30.8 Å². The Labute approximate surface area is 116 Å². The lowest BCUT2D eigenvalue weighted by atomic mass is 10.1.